The van der Waals surface area contributed by atoms with Crippen LogP contribution in [-0.4, -0.2) is 57.9 Å². The zero-order chi connectivity index (χ0) is 21.3. The summed E-state index contributed by atoms with van der Waals surface area (Å²) >= 11 is 1.51. The number of carbonyl (C=O) groups is 1. The van der Waals surface area contributed by atoms with E-state index in [1.54, 1.807) is 0 Å². The second-order valence-corrected chi connectivity index (χ2v) is 9.90. The summed E-state index contributed by atoms with van der Waals surface area (Å²) in [5.41, 5.74) is 3.96. The van der Waals surface area contributed by atoms with E-state index in [2.05, 4.69) is 45.0 Å². The zero-order valence-electron chi connectivity index (χ0n) is 18.1. The quantitative estimate of drug-likeness (QED) is 0.548. The summed E-state index contributed by atoms with van der Waals surface area (Å²) in [7, 11) is 0. The SMILES string of the molecule is Cc1ccc(-c2nc3c(c(S[C@H](C)C(=O)N4CCOCC4)n2)COC(C)(C)C3)cc1. The molecule has 7 heteroatoms. The molecule has 1 saturated heterocycles. The van der Waals surface area contributed by atoms with Gasteiger partial charge in [-0.15, -0.1) is 0 Å². The molecular formula is C23H29N3O3S. The molecule has 3 heterocycles. The van der Waals surface area contributed by atoms with Crippen LogP contribution in [0.15, 0.2) is 29.3 Å². The van der Waals surface area contributed by atoms with Crippen LogP contribution in [0.3, 0.4) is 0 Å². The second kappa shape index (κ2) is 8.65. The predicted molar refractivity (Wildman–Crippen MR) is 117 cm³/mol. The summed E-state index contributed by atoms with van der Waals surface area (Å²) in [4.78, 5) is 24.6. The van der Waals surface area contributed by atoms with Crippen LogP contribution in [0.4, 0.5) is 0 Å². The van der Waals surface area contributed by atoms with E-state index < -0.39 is 0 Å². The Morgan fingerprint density at radius 2 is 1.87 bits per heavy atom. The third-order valence-corrected chi connectivity index (χ3v) is 6.64. The zero-order valence-corrected chi connectivity index (χ0v) is 18.9. The highest BCUT2D eigenvalue weighted by molar-refractivity contribution is 8.00. The summed E-state index contributed by atoms with van der Waals surface area (Å²) in [5.74, 6) is 0.838. The molecule has 1 aromatic carbocycles. The van der Waals surface area contributed by atoms with E-state index in [1.165, 1.54) is 17.3 Å². The molecule has 1 aromatic heterocycles. The highest BCUT2D eigenvalue weighted by Crippen LogP contribution is 2.36. The highest BCUT2D eigenvalue weighted by Gasteiger charge is 2.32. The molecule has 0 spiro atoms. The smallest absolute Gasteiger partial charge is 0.235 e. The molecule has 6 nitrogen and oxygen atoms in total. The van der Waals surface area contributed by atoms with E-state index in [1.807, 2.05) is 11.8 Å². The topological polar surface area (TPSA) is 64.6 Å². The Bertz CT molecular complexity index is 924. The standard InChI is InChI=1S/C23H29N3O3S/c1-15-5-7-17(8-6-15)20-24-19-13-23(3,4)29-14-18(19)21(25-20)30-16(2)22(27)26-9-11-28-12-10-26/h5-8,16H,9-14H2,1-4H3/t16-/m1/s1. The average molecular weight is 428 g/mol. The van der Waals surface area contributed by atoms with Gasteiger partial charge in [0.05, 0.1) is 36.4 Å². The van der Waals surface area contributed by atoms with Gasteiger partial charge in [0.2, 0.25) is 5.91 Å². The number of hydrogen-bond donors (Lipinski definition) is 0. The van der Waals surface area contributed by atoms with Gasteiger partial charge >= 0.3 is 0 Å². The molecule has 2 aliphatic rings. The van der Waals surface area contributed by atoms with Gasteiger partial charge in [-0.1, -0.05) is 41.6 Å². The van der Waals surface area contributed by atoms with E-state index in [4.69, 9.17) is 19.4 Å². The minimum absolute atomic E-state index is 0.129. The molecule has 0 saturated carbocycles. The van der Waals surface area contributed by atoms with Crippen molar-refractivity contribution in [1.29, 1.82) is 0 Å². The molecule has 1 amide bonds. The first-order valence-electron chi connectivity index (χ1n) is 10.5. The lowest BCUT2D eigenvalue weighted by molar-refractivity contribution is -0.134. The van der Waals surface area contributed by atoms with Crippen molar-refractivity contribution in [3.05, 3.63) is 41.1 Å². The summed E-state index contributed by atoms with van der Waals surface area (Å²) < 4.78 is 11.4. The van der Waals surface area contributed by atoms with Crippen LogP contribution in [0.1, 0.15) is 37.6 Å². The van der Waals surface area contributed by atoms with Gasteiger partial charge in [-0.3, -0.25) is 4.79 Å². The lowest BCUT2D eigenvalue weighted by Gasteiger charge is -2.32. The number of carbonyl (C=O) groups excluding carboxylic acids is 1. The van der Waals surface area contributed by atoms with Gasteiger partial charge in [0.25, 0.3) is 0 Å². The minimum Gasteiger partial charge on any atom is -0.378 e. The number of benzene rings is 1. The van der Waals surface area contributed by atoms with E-state index in [0.29, 0.717) is 38.7 Å². The molecule has 0 N–H and O–H groups in total. The number of morpholine rings is 1. The number of thioether (sulfide) groups is 1. The number of aromatic nitrogens is 2. The first-order valence-corrected chi connectivity index (χ1v) is 11.3. The Labute approximate surface area is 182 Å². The van der Waals surface area contributed by atoms with Crippen LogP contribution in [0.25, 0.3) is 11.4 Å². The Balaban J connectivity index is 1.66. The molecule has 1 atom stereocenters. The van der Waals surface area contributed by atoms with E-state index >= 15 is 0 Å². The summed E-state index contributed by atoms with van der Waals surface area (Å²) in [6, 6.07) is 8.25. The second-order valence-electron chi connectivity index (χ2n) is 8.57. The Kier molecular flexibility index (Phi) is 6.14. The van der Waals surface area contributed by atoms with Gasteiger partial charge in [0.15, 0.2) is 5.82 Å². The van der Waals surface area contributed by atoms with Crippen molar-refractivity contribution in [3.63, 3.8) is 0 Å². The lowest BCUT2D eigenvalue weighted by Crippen LogP contribution is -2.44. The molecule has 0 aliphatic carbocycles. The Morgan fingerprint density at radius 1 is 1.17 bits per heavy atom. The molecule has 2 aliphatic heterocycles. The van der Waals surface area contributed by atoms with Crippen molar-refractivity contribution in [2.24, 2.45) is 0 Å². The van der Waals surface area contributed by atoms with E-state index in [9.17, 15) is 4.79 Å². The van der Waals surface area contributed by atoms with E-state index in [-0.39, 0.29) is 16.8 Å². The first kappa shape index (κ1) is 21.3. The van der Waals surface area contributed by atoms with Crippen LogP contribution in [0.2, 0.25) is 0 Å². The van der Waals surface area contributed by atoms with Crippen molar-refractivity contribution in [2.45, 2.75) is 56.6 Å². The maximum atomic E-state index is 12.9. The van der Waals surface area contributed by atoms with Crippen LogP contribution in [0, 0.1) is 6.92 Å². The fourth-order valence-electron chi connectivity index (χ4n) is 3.71. The van der Waals surface area contributed by atoms with Gasteiger partial charge in [0.1, 0.15) is 5.03 Å². The number of amides is 1. The van der Waals surface area contributed by atoms with Gasteiger partial charge in [-0.25, -0.2) is 9.97 Å². The van der Waals surface area contributed by atoms with Gasteiger partial charge < -0.3 is 14.4 Å². The summed E-state index contributed by atoms with van der Waals surface area (Å²) in [6.45, 7) is 11.2. The molecule has 1 fully saturated rings. The number of fused-ring (bicyclic) bond motifs is 1. The number of ether oxygens (including phenoxy) is 2. The summed E-state index contributed by atoms with van der Waals surface area (Å²) in [5, 5.41) is 0.614. The predicted octanol–water partition coefficient (Wildman–Crippen LogP) is 3.64. The number of nitrogens with zero attached hydrogens (tertiary/aromatic N) is 3. The third kappa shape index (κ3) is 4.68. The van der Waals surface area contributed by atoms with Crippen molar-refractivity contribution in [3.8, 4) is 11.4 Å². The van der Waals surface area contributed by atoms with Crippen molar-refractivity contribution in [1.82, 2.24) is 14.9 Å². The number of rotatable bonds is 4. The van der Waals surface area contributed by atoms with Crippen molar-refractivity contribution >= 4 is 17.7 Å². The molecule has 0 radical (unpaired) electrons. The Hall–Kier alpha value is -1.96. The minimum atomic E-state index is -0.261. The molecular weight excluding hydrogens is 398 g/mol. The fourth-order valence-corrected chi connectivity index (χ4v) is 4.75. The normalized spacial score (nSPS) is 19.3. The molecule has 160 valence electrons. The first-order chi connectivity index (χ1) is 14.3. The van der Waals surface area contributed by atoms with Crippen LogP contribution < -0.4 is 0 Å². The maximum Gasteiger partial charge on any atom is 0.235 e. The third-order valence-electron chi connectivity index (χ3n) is 5.52. The molecule has 30 heavy (non-hydrogen) atoms. The monoisotopic (exact) mass is 427 g/mol. The van der Waals surface area contributed by atoms with Gasteiger partial charge in [-0.05, 0) is 27.7 Å². The van der Waals surface area contributed by atoms with Crippen molar-refractivity contribution in [2.75, 3.05) is 26.3 Å². The van der Waals surface area contributed by atoms with Gasteiger partial charge in [0, 0.05) is 30.6 Å². The van der Waals surface area contributed by atoms with E-state index in [0.717, 1.165) is 28.3 Å². The lowest BCUT2D eigenvalue weighted by atomic mass is 9.96. The van der Waals surface area contributed by atoms with Crippen LogP contribution in [0.5, 0.6) is 0 Å². The Morgan fingerprint density at radius 3 is 2.57 bits per heavy atom. The largest absolute Gasteiger partial charge is 0.378 e. The number of hydrogen-bond acceptors (Lipinski definition) is 6. The number of aryl methyl sites for hydroxylation is 1. The maximum absolute atomic E-state index is 12.9. The molecule has 4 rings (SSSR count). The summed E-state index contributed by atoms with van der Waals surface area (Å²) in [6.07, 6.45) is 0.725. The fraction of sp³-hybridized carbons (Fsp3) is 0.522. The van der Waals surface area contributed by atoms with Crippen LogP contribution >= 0.6 is 11.8 Å². The molecule has 2 aromatic rings. The average Bonchev–Trinajstić information content (AvgIpc) is 2.73. The van der Waals surface area contributed by atoms with Gasteiger partial charge in [-0.2, -0.15) is 0 Å². The van der Waals surface area contributed by atoms with Crippen LogP contribution in [-0.2, 0) is 27.3 Å². The highest BCUT2D eigenvalue weighted by atomic mass is 32.2. The molecule has 0 unspecified atom stereocenters. The molecule has 0 bridgehead atoms. The van der Waals surface area contributed by atoms with Crippen molar-refractivity contribution < 1.29 is 14.3 Å².